The molecule has 1 aliphatic carbocycles. The van der Waals surface area contributed by atoms with Crippen LogP contribution < -0.4 is 10.2 Å². The van der Waals surface area contributed by atoms with Crippen molar-refractivity contribution < 1.29 is 18.4 Å². The Hall–Kier alpha value is -1.98. The van der Waals surface area contributed by atoms with E-state index in [0.717, 1.165) is 23.8 Å². The van der Waals surface area contributed by atoms with Crippen LogP contribution in [0.1, 0.15) is 25.7 Å². The molecule has 1 spiro atoms. The molecule has 2 aliphatic rings. The van der Waals surface area contributed by atoms with E-state index >= 15 is 0 Å². The minimum Gasteiger partial charge on any atom is -0.340 e. The lowest BCUT2D eigenvalue weighted by Crippen LogP contribution is -2.65. The smallest absolute Gasteiger partial charge is 0.253 e. The molecule has 0 unspecified atom stereocenters. The predicted octanol–water partition coefficient (Wildman–Crippen LogP) is 1.74. The van der Waals surface area contributed by atoms with Gasteiger partial charge >= 0.3 is 0 Å². The minimum absolute atomic E-state index is 0.170. The Labute approximate surface area is 114 Å². The Morgan fingerprint density at radius 2 is 1.85 bits per heavy atom. The number of benzene rings is 1. The fraction of sp³-hybridized carbons (Fsp3) is 0.429. The summed E-state index contributed by atoms with van der Waals surface area (Å²) in [6.45, 7) is -0.277. The topological polar surface area (TPSA) is 49.4 Å². The van der Waals surface area contributed by atoms with Gasteiger partial charge in [-0.1, -0.05) is 18.9 Å². The van der Waals surface area contributed by atoms with Crippen molar-refractivity contribution in [1.29, 1.82) is 0 Å². The summed E-state index contributed by atoms with van der Waals surface area (Å²) in [6, 6.07) is 3.63. The maximum absolute atomic E-state index is 13.9. The summed E-state index contributed by atoms with van der Waals surface area (Å²) < 4.78 is 27.2. The second-order valence-corrected chi connectivity index (χ2v) is 5.30. The molecule has 0 bridgehead atoms. The van der Waals surface area contributed by atoms with Gasteiger partial charge in [-0.25, -0.2) is 8.78 Å². The Morgan fingerprint density at radius 3 is 2.55 bits per heavy atom. The van der Waals surface area contributed by atoms with Crippen LogP contribution in [0.5, 0.6) is 0 Å². The van der Waals surface area contributed by atoms with Gasteiger partial charge < -0.3 is 5.32 Å². The molecule has 4 nitrogen and oxygen atoms in total. The first-order valence-corrected chi connectivity index (χ1v) is 6.60. The van der Waals surface area contributed by atoms with E-state index in [0.29, 0.717) is 12.8 Å². The highest BCUT2D eigenvalue weighted by Gasteiger charge is 2.49. The molecular formula is C14H14F2N2O2. The highest BCUT2D eigenvalue weighted by Crippen LogP contribution is 2.35. The van der Waals surface area contributed by atoms with E-state index in [2.05, 4.69) is 5.32 Å². The van der Waals surface area contributed by atoms with E-state index in [9.17, 15) is 18.4 Å². The van der Waals surface area contributed by atoms with Crippen LogP contribution >= 0.6 is 0 Å². The molecule has 1 aromatic rings. The lowest BCUT2D eigenvalue weighted by atomic mass is 9.92. The number of piperazine rings is 1. The molecule has 20 heavy (non-hydrogen) atoms. The van der Waals surface area contributed by atoms with E-state index < -0.39 is 17.2 Å². The number of nitrogens with zero attached hydrogens (tertiary/aromatic N) is 1. The highest BCUT2D eigenvalue weighted by molar-refractivity contribution is 6.09. The molecule has 1 saturated heterocycles. The Morgan fingerprint density at radius 1 is 1.15 bits per heavy atom. The van der Waals surface area contributed by atoms with Crippen molar-refractivity contribution in [1.82, 2.24) is 5.32 Å². The van der Waals surface area contributed by atoms with Gasteiger partial charge in [0.25, 0.3) is 5.91 Å². The van der Waals surface area contributed by atoms with Gasteiger partial charge in [0.15, 0.2) is 11.6 Å². The van der Waals surface area contributed by atoms with Crippen molar-refractivity contribution in [2.75, 3.05) is 11.4 Å². The molecule has 1 N–H and O–H groups in total. The summed E-state index contributed by atoms with van der Waals surface area (Å²) in [7, 11) is 0. The van der Waals surface area contributed by atoms with Crippen molar-refractivity contribution >= 4 is 17.5 Å². The van der Waals surface area contributed by atoms with Gasteiger partial charge in [0.2, 0.25) is 5.91 Å². The zero-order valence-corrected chi connectivity index (χ0v) is 10.8. The van der Waals surface area contributed by atoms with E-state index in [1.807, 2.05) is 0 Å². The molecule has 2 fully saturated rings. The zero-order chi connectivity index (χ0) is 14.3. The van der Waals surface area contributed by atoms with Gasteiger partial charge in [0, 0.05) is 0 Å². The molecule has 6 heteroatoms. The fourth-order valence-corrected chi connectivity index (χ4v) is 3.05. The predicted molar refractivity (Wildman–Crippen MR) is 68.1 cm³/mol. The summed E-state index contributed by atoms with van der Waals surface area (Å²) in [4.78, 5) is 25.5. The summed E-state index contributed by atoms with van der Waals surface area (Å²) in [5.41, 5.74) is -1.11. The van der Waals surface area contributed by atoms with Gasteiger partial charge in [0.1, 0.15) is 12.1 Å². The number of nitrogens with one attached hydrogen (secondary N) is 1. The quantitative estimate of drug-likeness (QED) is 0.852. The van der Waals surface area contributed by atoms with E-state index in [1.165, 1.54) is 12.1 Å². The van der Waals surface area contributed by atoms with Gasteiger partial charge in [-0.05, 0) is 25.0 Å². The molecule has 1 aliphatic heterocycles. The Kier molecular flexibility index (Phi) is 2.96. The van der Waals surface area contributed by atoms with Crippen LogP contribution in [0.2, 0.25) is 0 Å². The van der Waals surface area contributed by atoms with Crippen LogP contribution in [-0.4, -0.2) is 23.9 Å². The third kappa shape index (κ3) is 1.87. The van der Waals surface area contributed by atoms with Gasteiger partial charge in [-0.15, -0.1) is 0 Å². The van der Waals surface area contributed by atoms with Crippen molar-refractivity contribution in [2.45, 2.75) is 31.2 Å². The number of hydrogen-bond acceptors (Lipinski definition) is 2. The SMILES string of the molecule is O=C1CN(c2cccc(F)c2F)C(=O)C2(CCCC2)N1. The number of hydrogen-bond donors (Lipinski definition) is 1. The van der Waals surface area contributed by atoms with E-state index in [4.69, 9.17) is 0 Å². The van der Waals surface area contributed by atoms with Crippen molar-refractivity contribution in [2.24, 2.45) is 0 Å². The normalized spacial score (nSPS) is 21.4. The summed E-state index contributed by atoms with van der Waals surface area (Å²) in [5.74, 6) is -2.81. The van der Waals surface area contributed by atoms with Crippen LogP contribution in [0, 0.1) is 11.6 Å². The van der Waals surface area contributed by atoms with Crippen LogP contribution in [0.15, 0.2) is 18.2 Å². The van der Waals surface area contributed by atoms with Gasteiger partial charge in [-0.2, -0.15) is 0 Å². The monoisotopic (exact) mass is 280 g/mol. The summed E-state index contributed by atoms with van der Waals surface area (Å²) in [5, 5.41) is 2.73. The third-order valence-electron chi connectivity index (χ3n) is 4.01. The van der Waals surface area contributed by atoms with Crippen LogP contribution in [0.3, 0.4) is 0 Å². The maximum Gasteiger partial charge on any atom is 0.253 e. The second-order valence-electron chi connectivity index (χ2n) is 5.30. The molecule has 2 amide bonds. The Bertz CT molecular complexity index is 583. The fourth-order valence-electron chi connectivity index (χ4n) is 3.05. The minimum atomic E-state index is -1.09. The lowest BCUT2D eigenvalue weighted by molar-refractivity contribution is -0.135. The first kappa shape index (κ1) is 13.0. The third-order valence-corrected chi connectivity index (χ3v) is 4.01. The molecule has 0 atom stereocenters. The van der Waals surface area contributed by atoms with Crippen LogP contribution in [0.25, 0.3) is 0 Å². The molecule has 1 saturated carbocycles. The van der Waals surface area contributed by atoms with Crippen LogP contribution in [-0.2, 0) is 9.59 Å². The van der Waals surface area contributed by atoms with E-state index in [-0.39, 0.29) is 24.0 Å². The number of amides is 2. The molecular weight excluding hydrogens is 266 g/mol. The molecule has 3 rings (SSSR count). The molecule has 0 radical (unpaired) electrons. The molecule has 1 aromatic carbocycles. The number of halogens is 2. The number of rotatable bonds is 1. The van der Waals surface area contributed by atoms with Gasteiger partial charge in [-0.3, -0.25) is 14.5 Å². The lowest BCUT2D eigenvalue weighted by Gasteiger charge is -2.39. The van der Waals surface area contributed by atoms with Gasteiger partial charge in [0.05, 0.1) is 5.69 Å². The highest BCUT2D eigenvalue weighted by atomic mass is 19.2. The number of carbonyl (C=O) groups is 2. The van der Waals surface area contributed by atoms with E-state index in [1.54, 1.807) is 0 Å². The average molecular weight is 280 g/mol. The van der Waals surface area contributed by atoms with Crippen molar-refractivity contribution in [3.63, 3.8) is 0 Å². The number of anilines is 1. The Balaban J connectivity index is 2.02. The molecule has 1 heterocycles. The average Bonchev–Trinajstić information content (AvgIpc) is 2.87. The molecule has 0 aromatic heterocycles. The summed E-state index contributed by atoms with van der Waals surface area (Å²) >= 11 is 0. The van der Waals surface area contributed by atoms with Crippen LogP contribution in [0.4, 0.5) is 14.5 Å². The first-order chi connectivity index (χ1) is 9.53. The van der Waals surface area contributed by atoms with Crippen molar-refractivity contribution in [3.8, 4) is 0 Å². The number of carbonyl (C=O) groups excluding carboxylic acids is 2. The second kappa shape index (κ2) is 4.54. The summed E-state index contributed by atoms with van der Waals surface area (Å²) in [6.07, 6.45) is 2.77. The molecule has 106 valence electrons. The first-order valence-electron chi connectivity index (χ1n) is 6.60. The largest absolute Gasteiger partial charge is 0.340 e. The zero-order valence-electron chi connectivity index (χ0n) is 10.8. The maximum atomic E-state index is 13.9. The standard InChI is InChI=1S/C14H14F2N2O2/c15-9-4-3-5-10(12(9)16)18-8-11(19)17-14(13(18)20)6-1-2-7-14/h3-5H,1-2,6-8H2,(H,17,19). The van der Waals surface area contributed by atoms with Crippen molar-refractivity contribution in [3.05, 3.63) is 29.8 Å².